The maximum Gasteiger partial charge on any atom is 0.131 e. The Morgan fingerprint density at radius 3 is 2.11 bits per heavy atom. The molecule has 0 amide bonds. The maximum atomic E-state index is 13.6. The van der Waals surface area contributed by atoms with Gasteiger partial charge in [0.05, 0.1) is 6.04 Å². The standard InChI is InChI=1S/C14H12F2IN/c1-9(14-12(15)3-2-4-13(14)16)18-11-7-5-10(17)6-8-11/h2-9,18H,1H3. The van der Waals surface area contributed by atoms with E-state index < -0.39 is 17.7 Å². The fraction of sp³-hybridized carbons (Fsp3) is 0.143. The van der Waals surface area contributed by atoms with Crippen LogP contribution in [0.3, 0.4) is 0 Å². The number of hydrogen-bond acceptors (Lipinski definition) is 1. The second kappa shape index (κ2) is 5.65. The molecule has 0 saturated carbocycles. The average Bonchev–Trinajstić information content (AvgIpc) is 2.32. The van der Waals surface area contributed by atoms with E-state index in [0.717, 1.165) is 9.26 Å². The number of nitrogens with one attached hydrogen (secondary N) is 1. The predicted octanol–water partition coefficient (Wildman–Crippen LogP) is 4.74. The normalized spacial score (nSPS) is 12.2. The predicted molar refractivity (Wildman–Crippen MR) is 77.6 cm³/mol. The van der Waals surface area contributed by atoms with Gasteiger partial charge in [-0.2, -0.15) is 0 Å². The summed E-state index contributed by atoms with van der Waals surface area (Å²) in [7, 11) is 0. The monoisotopic (exact) mass is 359 g/mol. The van der Waals surface area contributed by atoms with Crippen molar-refractivity contribution < 1.29 is 8.78 Å². The second-order valence-electron chi connectivity index (χ2n) is 4.01. The van der Waals surface area contributed by atoms with Gasteiger partial charge >= 0.3 is 0 Å². The third-order valence-corrected chi connectivity index (χ3v) is 3.38. The molecule has 2 rings (SSSR count). The van der Waals surface area contributed by atoms with Gasteiger partial charge < -0.3 is 5.32 Å². The Balaban J connectivity index is 2.22. The molecular formula is C14H12F2IN. The zero-order valence-electron chi connectivity index (χ0n) is 9.75. The summed E-state index contributed by atoms with van der Waals surface area (Å²) in [5.41, 5.74) is 0.904. The van der Waals surface area contributed by atoms with Crippen molar-refractivity contribution >= 4 is 28.3 Å². The van der Waals surface area contributed by atoms with E-state index in [1.165, 1.54) is 18.2 Å². The van der Waals surface area contributed by atoms with Crippen LogP contribution in [0.4, 0.5) is 14.5 Å². The number of halogens is 3. The van der Waals surface area contributed by atoms with Gasteiger partial charge in [0.15, 0.2) is 0 Å². The molecule has 0 aromatic heterocycles. The topological polar surface area (TPSA) is 12.0 Å². The highest BCUT2D eigenvalue weighted by Crippen LogP contribution is 2.24. The van der Waals surface area contributed by atoms with Gasteiger partial charge in [0.2, 0.25) is 0 Å². The Labute approximate surface area is 118 Å². The van der Waals surface area contributed by atoms with Gasteiger partial charge in [-0.15, -0.1) is 0 Å². The molecule has 0 aliphatic heterocycles. The van der Waals surface area contributed by atoms with Gasteiger partial charge in [0.1, 0.15) is 11.6 Å². The van der Waals surface area contributed by atoms with E-state index in [4.69, 9.17) is 0 Å². The third-order valence-electron chi connectivity index (χ3n) is 2.66. The molecule has 0 heterocycles. The molecule has 0 radical (unpaired) electrons. The van der Waals surface area contributed by atoms with Crippen LogP contribution >= 0.6 is 22.6 Å². The van der Waals surface area contributed by atoms with Crippen molar-refractivity contribution in [2.75, 3.05) is 5.32 Å². The lowest BCUT2D eigenvalue weighted by atomic mass is 10.1. The van der Waals surface area contributed by atoms with E-state index in [0.29, 0.717) is 0 Å². The Morgan fingerprint density at radius 2 is 1.56 bits per heavy atom. The van der Waals surface area contributed by atoms with Crippen molar-refractivity contribution in [3.63, 3.8) is 0 Å². The van der Waals surface area contributed by atoms with Crippen molar-refractivity contribution in [2.45, 2.75) is 13.0 Å². The molecule has 0 saturated heterocycles. The zero-order valence-corrected chi connectivity index (χ0v) is 11.9. The van der Waals surface area contributed by atoms with E-state index in [-0.39, 0.29) is 5.56 Å². The molecule has 18 heavy (non-hydrogen) atoms. The van der Waals surface area contributed by atoms with Crippen LogP contribution in [-0.4, -0.2) is 0 Å². The third kappa shape index (κ3) is 2.98. The summed E-state index contributed by atoms with van der Waals surface area (Å²) in [5, 5.41) is 3.08. The van der Waals surface area contributed by atoms with Crippen molar-refractivity contribution in [3.8, 4) is 0 Å². The molecule has 4 heteroatoms. The van der Waals surface area contributed by atoms with Crippen LogP contribution in [0.2, 0.25) is 0 Å². The molecule has 0 spiro atoms. The lowest BCUT2D eigenvalue weighted by molar-refractivity contribution is 0.544. The Bertz CT molecular complexity index is 520. The van der Waals surface area contributed by atoms with Crippen LogP contribution in [0, 0.1) is 15.2 Å². The minimum Gasteiger partial charge on any atom is -0.378 e. The minimum atomic E-state index is -0.527. The molecule has 94 valence electrons. The van der Waals surface area contributed by atoms with Crippen LogP contribution in [0.1, 0.15) is 18.5 Å². The largest absolute Gasteiger partial charge is 0.378 e. The fourth-order valence-electron chi connectivity index (χ4n) is 1.79. The minimum absolute atomic E-state index is 0.0658. The Morgan fingerprint density at radius 1 is 1.00 bits per heavy atom. The number of benzene rings is 2. The van der Waals surface area contributed by atoms with Crippen molar-refractivity contribution in [3.05, 3.63) is 63.2 Å². The van der Waals surface area contributed by atoms with E-state index in [2.05, 4.69) is 27.9 Å². The fourth-order valence-corrected chi connectivity index (χ4v) is 2.15. The molecule has 2 aromatic rings. The SMILES string of the molecule is CC(Nc1ccc(I)cc1)c1c(F)cccc1F. The molecule has 0 bridgehead atoms. The molecule has 2 aromatic carbocycles. The van der Waals surface area contributed by atoms with Crippen LogP contribution < -0.4 is 5.32 Å². The van der Waals surface area contributed by atoms with E-state index in [1.807, 2.05) is 24.3 Å². The Hall–Kier alpha value is -1.17. The van der Waals surface area contributed by atoms with Crippen molar-refractivity contribution in [2.24, 2.45) is 0 Å². The molecular weight excluding hydrogens is 347 g/mol. The summed E-state index contributed by atoms with van der Waals surface area (Å²) in [4.78, 5) is 0. The first-order valence-corrected chi connectivity index (χ1v) is 6.62. The summed E-state index contributed by atoms with van der Waals surface area (Å²) in [6.07, 6.45) is 0. The highest BCUT2D eigenvalue weighted by Gasteiger charge is 2.15. The first-order chi connectivity index (χ1) is 8.58. The first-order valence-electron chi connectivity index (χ1n) is 5.54. The van der Waals surface area contributed by atoms with Gasteiger partial charge in [0, 0.05) is 14.8 Å². The lowest BCUT2D eigenvalue weighted by Crippen LogP contribution is -2.10. The number of rotatable bonds is 3. The molecule has 0 aliphatic rings. The quantitative estimate of drug-likeness (QED) is 0.781. The first kappa shape index (κ1) is 13.3. The molecule has 1 N–H and O–H groups in total. The van der Waals surface area contributed by atoms with Gasteiger partial charge in [-0.3, -0.25) is 0 Å². The van der Waals surface area contributed by atoms with Gasteiger partial charge in [-0.25, -0.2) is 8.78 Å². The van der Waals surface area contributed by atoms with Crippen molar-refractivity contribution in [1.29, 1.82) is 0 Å². The highest BCUT2D eigenvalue weighted by atomic mass is 127. The zero-order chi connectivity index (χ0) is 13.1. The summed E-state index contributed by atoms with van der Waals surface area (Å²) < 4.78 is 28.3. The summed E-state index contributed by atoms with van der Waals surface area (Å²) in [6.45, 7) is 1.74. The summed E-state index contributed by atoms with van der Waals surface area (Å²) in [6, 6.07) is 11.1. The summed E-state index contributed by atoms with van der Waals surface area (Å²) >= 11 is 2.20. The average molecular weight is 359 g/mol. The van der Waals surface area contributed by atoms with Crippen molar-refractivity contribution in [1.82, 2.24) is 0 Å². The van der Waals surface area contributed by atoms with E-state index in [1.54, 1.807) is 6.92 Å². The molecule has 0 fully saturated rings. The maximum absolute atomic E-state index is 13.6. The number of hydrogen-bond donors (Lipinski definition) is 1. The molecule has 1 atom stereocenters. The van der Waals surface area contributed by atoms with Crippen LogP contribution in [0.15, 0.2) is 42.5 Å². The molecule has 1 unspecified atom stereocenters. The van der Waals surface area contributed by atoms with Gasteiger partial charge in [-0.05, 0) is 65.9 Å². The summed E-state index contributed by atoms with van der Waals surface area (Å²) in [5.74, 6) is -1.05. The smallest absolute Gasteiger partial charge is 0.131 e. The highest BCUT2D eigenvalue weighted by molar-refractivity contribution is 14.1. The lowest BCUT2D eigenvalue weighted by Gasteiger charge is -2.17. The van der Waals surface area contributed by atoms with Crippen LogP contribution in [0.5, 0.6) is 0 Å². The molecule has 0 aliphatic carbocycles. The van der Waals surface area contributed by atoms with Gasteiger partial charge in [-0.1, -0.05) is 6.07 Å². The molecule has 1 nitrogen and oxygen atoms in total. The number of anilines is 1. The second-order valence-corrected chi connectivity index (χ2v) is 5.25. The van der Waals surface area contributed by atoms with Gasteiger partial charge in [0.25, 0.3) is 0 Å². The van der Waals surface area contributed by atoms with E-state index >= 15 is 0 Å². The van der Waals surface area contributed by atoms with E-state index in [9.17, 15) is 8.78 Å². The van der Waals surface area contributed by atoms with Crippen LogP contribution in [-0.2, 0) is 0 Å². The Kier molecular flexibility index (Phi) is 4.16. The van der Waals surface area contributed by atoms with Crippen LogP contribution in [0.25, 0.3) is 0 Å².